The van der Waals surface area contributed by atoms with E-state index in [-0.39, 0.29) is 30.2 Å². The number of aliphatic hydroxyl groups excluding tert-OH is 1. The number of rotatable bonds is 7. The minimum absolute atomic E-state index is 0.0377. The lowest BCUT2D eigenvalue weighted by molar-refractivity contribution is 0.0545. The van der Waals surface area contributed by atoms with E-state index in [4.69, 9.17) is 21.3 Å². The smallest absolute Gasteiger partial charge is 0.335 e. The van der Waals surface area contributed by atoms with Gasteiger partial charge in [-0.1, -0.05) is 30.9 Å². The average Bonchev–Trinajstić information content (AvgIpc) is 3.39. The molecule has 0 radical (unpaired) electrons. The van der Waals surface area contributed by atoms with Crippen LogP contribution in [0, 0.1) is 5.82 Å². The Morgan fingerprint density at radius 1 is 0.953 bits per heavy atom. The van der Waals surface area contributed by atoms with Gasteiger partial charge in [-0.2, -0.15) is 0 Å². The number of halogens is 2. The lowest BCUT2D eigenvalue weighted by atomic mass is 9.94. The Kier molecular flexibility index (Phi) is 8.36. The zero-order valence-electron chi connectivity index (χ0n) is 23.6. The van der Waals surface area contributed by atoms with Crippen molar-refractivity contribution in [1.82, 2.24) is 14.5 Å². The van der Waals surface area contributed by atoms with Crippen molar-refractivity contribution in [2.75, 3.05) is 13.1 Å². The summed E-state index contributed by atoms with van der Waals surface area (Å²) in [6.07, 6.45) is 5.93. The number of piperidine rings is 1. The van der Waals surface area contributed by atoms with Crippen LogP contribution in [-0.2, 0) is 6.61 Å². The van der Waals surface area contributed by atoms with Gasteiger partial charge in [-0.05, 0) is 74.2 Å². The fraction of sp³-hybridized carbons (Fsp3) is 0.364. The number of carboxylic acid groups (broad SMARTS) is 1. The van der Waals surface area contributed by atoms with Crippen molar-refractivity contribution >= 4 is 34.5 Å². The van der Waals surface area contributed by atoms with Crippen molar-refractivity contribution < 1.29 is 28.9 Å². The second kappa shape index (κ2) is 12.3. The van der Waals surface area contributed by atoms with E-state index in [0.717, 1.165) is 37.6 Å². The third kappa shape index (κ3) is 6.10. The van der Waals surface area contributed by atoms with Gasteiger partial charge in [-0.3, -0.25) is 4.79 Å². The number of hydrogen-bond donors (Lipinski definition) is 2. The van der Waals surface area contributed by atoms with Crippen LogP contribution in [0.1, 0.15) is 77.3 Å². The fourth-order valence-corrected chi connectivity index (χ4v) is 6.30. The number of carbonyl (C=O) groups excluding carboxylic acids is 1. The molecule has 2 heterocycles. The van der Waals surface area contributed by atoms with Gasteiger partial charge in [0.1, 0.15) is 24.0 Å². The predicted molar refractivity (Wildman–Crippen MR) is 161 cm³/mol. The molecule has 1 amide bonds. The Morgan fingerprint density at radius 2 is 1.70 bits per heavy atom. The topological polar surface area (TPSA) is 105 Å². The number of amides is 1. The Bertz CT molecular complexity index is 1670. The van der Waals surface area contributed by atoms with Gasteiger partial charge in [0.05, 0.1) is 28.3 Å². The van der Waals surface area contributed by atoms with Gasteiger partial charge < -0.3 is 24.4 Å². The van der Waals surface area contributed by atoms with Crippen LogP contribution in [0.15, 0.2) is 54.6 Å². The van der Waals surface area contributed by atoms with Crippen molar-refractivity contribution in [3.63, 3.8) is 0 Å². The lowest BCUT2D eigenvalue weighted by Gasteiger charge is -2.29. The van der Waals surface area contributed by atoms with E-state index in [9.17, 15) is 19.8 Å². The standard InChI is InChI=1S/C33H33ClFN3O5/c34-27-10-6-20(32(40)37-14-12-24(39)13-15-37)16-22(27)19-43-25-8-9-26(28(35)18-25)31-36-29-17-21(33(41)42)7-11-30(29)38(31)23-4-2-1-3-5-23/h6-11,16-18,23-24,39H,1-5,12-15,19H2,(H,41,42). The molecule has 2 N–H and O–H groups in total. The molecule has 1 aromatic heterocycles. The third-order valence-corrected chi connectivity index (χ3v) is 8.87. The largest absolute Gasteiger partial charge is 0.489 e. The predicted octanol–water partition coefficient (Wildman–Crippen LogP) is 6.88. The van der Waals surface area contributed by atoms with Crippen molar-refractivity contribution in [1.29, 1.82) is 0 Å². The number of aromatic carboxylic acids is 1. The normalized spacial score (nSPS) is 16.5. The van der Waals surface area contributed by atoms with Crippen molar-refractivity contribution in [3.8, 4) is 17.1 Å². The first kappa shape index (κ1) is 29.1. The van der Waals surface area contributed by atoms with Crippen LogP contribution in [0.5, 0.6) is 5.75 Å². The zero-order chi connectivity index (χ0) is 30.1. The van der Waals surface area contributed by atoms with Gasteiger partial charge in [0.2, 0.25) is 0 Å². The molecule has 4 aromatic rings. The molecule has 1 aliphatic heterocycles. The summed E-state index contributed by atoms with van der Waals surface area (Å²) in [5.41, 5.74) is 2.83. The van der Waals surface area contributed by atoms with Gasteiger partial charge in [0, 0.05) is 41.3 Å². The third-order valence-electron chi connectivity index (χ3n) is 8.50. The highest BCUT2D eigenvalue weighted by Gasteiger charge is 2.25. The summed E-state index contributed by atoms with van der Waals surface area (Å²) >= 11 is 6.41. The molecule has 43 heavy (non-hydrogen) atoms. The second-order valence-electron chi connectivity index (χ2n) is 11.4. The number of carboxylic acids is 1. The number of carbonyl (C=O) groups is 2. The Morgan fingerprint density at radius 3 is 2.42 bits per heavy atom. The summed E-state index contributed by atoms with van der Waals surface area (Å²) < 4.78 is 23.7. The van der Waals surface area contributed by atoms with Crippen LogP contribution in [-0.4, -0.2) is 55.7 Å². The van der Waals surface area contributed by atoms with Crippen LogP contribution in [0.2, 0.25) is 5.02 Å². The van der Waals surface area contributed by atoms with E-state index in [1.54, 1.807) is 47.4 Å². The maximum atomic E-state index is 15.7. The number of likely N-dealkylation sites (tertiary alicyclic amines) is 1. The molecule has 0 unspecified atom stereocenters. The summed E-state index contributed by atoms with van der Waals surface area (Å²) in [7, 11) is 0. The van der Waals surface area contributed by atoms with Gasteiger partial charge in [0.15, 0.2) is 0 Å². The number of benzene rings is 3. The van der Waals surface area contributed by atoms with Crippen molar-refractivity contribution in [3.05, 3.63) is 82.1 Å². The molecule has 0 atom stereocenters. The molecular formula is C33H33ClFN3O5. The number of aromatic nitrogens is 2. The fourth-order valence-electron chi connectivity index (χ4n) is 6.13. The monoisotopic (exact) mass is 605 g/mol. The molecule has 0 spiro atoms. The highest BCUT2D eigenvalue weighted by molar-refractivity contribution is 6.31. The molecule has 8 nitrogen and oxygen atoms in total. The van der Waals surface area contributed by atoms with Crippen LogP contribution in [0.3, 0.4) is 0 Å². The summed E-state index contributed by atoms with van der Waals surface area (Å²) in [5.74, 6) is -0.910. The molecule has 3 aromatic carbocycles. The molecule has 6 rings (SSSR count). The first-order chi connectivity index (χ1) is 20.8. The summed E-state index contributed by atoms with van der Waals surface area (Å²) in [4.78, 5) is 31.0. The number of hydrogen-bond acceptors (Lipinski definition) is 5. The lowest BCUT2D eigenvalue weighted by Crippen LogP contribution is -2.40. The molecule has 1 aliphatic carbocycles. The molecule has 2 aliphatic rings. The van der Waals surface area contributed by atoms with Crippen LogP contribution in [0.25, 0.3) is 22.4 Å². The van der Waals surface area contributed by atoms with E-state index in [0.29, 0.717) is 64.7 Å². The molecule has 224 valence electrons. The first-order valence-electron chi connectivity index (χ1n) is 14.7. The summed E-state index contributed by atoms with van der Waals surface area (Å²) in [6.45, 7) is 1.03. The minimum atomic E-state index is -1.04. The minimum Gasteiger partial charge on any atom is -0.489 e. The molecular weight excluding hydrogens is 573 g/mol. The number of nitrogens with zero attached hydrogens (tertiary/aromatic N) is 3. The maximum Gasteiger partial charge on any atom is 0.335 e. The SMILES string of the molecule is O=C(O)c1ccc2c(c1)nc(-c1ccc(OCc3cc(C(=O)N4CCC(O)CC4)ccc3Cl)cc1F)n2C1CCCCC1. The quantitative estimate of drug-likeness (QED) is 0.238. The Balaban J connectivity index is 1.24. The number of imidazole rings is 1. The van der Waals surface area contributed by atoms with E-state index >= 15 is 4.39 Å². The van der Waals surface area contributed by atoms with E-state index in [1.165, 1.54) is 12.1 Å². The van der Waals surface area contributed by atoms with Crippen molar-refractivity contribution in [2.45, 2.75) is 63.7 Å². The highest BCUT2D eigenvalue weighted by atomic mass is 35.5. The van der Waals surface area contributed by atoms with Crippen LogP contribution in [0.4, 0.5) is 4.39 Å². The number of ether oxygens (including phenoxy) is 1. The van der Waals surface area contributed by atoms with E-state index < -0.39 is 11.8 Å². The van der Waals surface area contributed by atoms with Gasteiger partial charge in [-0.25, -0.2) is 14.2 Å². The van der Waals surface area contributed by atoms with Gasteiger partial charge in [0.25, 0.3) is 5.91 Å². The van der Waals surface area contributed by atoms with E-state index in [2.05, 4.69) is 4.57 Å². The maximum absolute atomic E-state index is 15.7. The zero-order valence-corrected chi connectivity index (χ0v) is 24.4. The second-order valence-corrected chi connectivity index (χ2v) is 11.8. The molecule has 10 heteroatoms. The van der Waals surface area contributed by atoms with Gasteiger partial charge in [-0.15, -0.1) is 0 Å². The summed E-state index contributed by atoms with van der Waals surface area (Å²) in [6, 6.07) is 14.6. The van der Waals surface area contributed by atoms with E-state index in [1.807, 2.05) is 0 Å². The van der Waals surface area contributed by atoms with Crippen LogP contribution >= 0.6 is 11.6 Å². The average molecular weight is 606 g/mol. The first-order valence-corrected chi connectivity index (χ1v) is 15.1. The molecule has 1 saturated heterocycles. The Labute approximate surface area is 253 Å². The molecule has 1 saturated carbocycles. The number of fused-ring (bicyclic) bond motifs is 1. The number of aliphatic hydroxyl groups is 1. The summed E-state index contributed by atoms with van der Waals surface area (Å²) in [5, 5.41) is 19.7. The van der Waals surface area contributed by atoms with Gasteiger partial charge >= 0.3 is 5.97 Å². The van der Waals surface area contributed by atoms with Crippen molar-refractivity contribution in [2.24, 2.45) is 0 Å². The highest BCUT2D eigenvalue weighted by Crippen LogP contribution is 2.37. The molecule has 2 fully saturated rings. The molecule has 0 bridgehead atoms. The van der Waals surface area contributed by atoms with Crippen LogP contribution < -0.4 is 4.74 Å². The Hall–Kier alpha value is -3.95.